The molecule has 0 aromatic heterocycles. The Kier molecular flexibility index (Phi) is 4.56. The standard InChI is InChI=1S/C11H13AsO4/c1-3-10(14)12-9-5-4-7(13)6-8(9)11(15)16-2/h4-6,12-13H,3H2,1-2H3. The van der Waals surface area contributed by atoms with Crippen molar-refractivity contribution in [2.24, 2.45) is 0 Å². The maximum absolute atomic E-state index is 11.4. The van der Waals surface area contributed by atoms with E-state index in [2.05, 4.69) is 4.74 Å². The van der Waals surface area contributed by atoms with Gasteiger partial charge in [0.1, 0.15) is 0 Å². The average Bonchev–Trinajstić information content (AvgIpc) is 2.30. The van der Waals surface area contributed by atoms with E-state index in [0.29, 0.717) is 16.3 Å². The van der Waals surface area contributed by atoms with Crippen LogP contribution in [0.25, 0.3) is 0 Å². The molecule has 0 bridgehead atoms. The molecule has 5 heteroatoms. The molecule has 1 atom stereocenters. The van der Waals surface area contributed by atoms with Crippen LogP contribution in [0.2, 0.25) is 0 Å². The van der Waals surface area contributed by atoms with Crippen molar-refractivity contribution in [3.05, 3.63) is 23.8 Å². The molecular weight excluding hydrogens is 271 g/mol. The van der Waals surface area contributed by atoms with Gasteiger partial charge in [-0.15, -0.1) is 0 Å². The summed E-state index contributed by atoms with van der Waals surface area (Å²) in [4.78, 5) is 22.8. The fraction of sp³-hybridized carbons (Fsp3) is 0.273. The van der Waals surface area contributed by atoms with E-state index in [1.807, 2.05) is 0 Å². The van der Waals surface area contributed by atoms with E-state index in [1.165, 1.54) is 19.2 Å². The number of rotatable bonds is 4. The van der Waals surface area contributed by atoms with Gasteiger partial charge in [0.2, 0.25) is 0 Å². The number of hydrogen-bond acceptors (Lipinski definition) is 4. The first kappa shape index (κ1) is 12.8. The van der Waals surface area contributed by atoms with Gasteiger partial charge in [0.15, 0.2) is 0 Å². The number of esters is 1. The van der Waals surface area contributed by atoms with E-state index >= 15 is 0 Å². The van der Waals surface area contributed by atoms with Gasteiger partial charge in [-0.3, -0.25) is 0 Å². The quantitative estimate of drug-likeness (QED) is 0.632. The second-order valence-electron chi connectivity index (χ2n) is 3.12. The fourth-order valence-corrected chi connectivity index (χ4v) is 3.16. The van der Waals surface area contributed by atoms with E-state index in [9.17, 15) is 14.7 Å². The topological polar surface area (TPSA) is 63.6 Å². The van der Waals surface area contributed by atoms with Crippen molar-refractivity contribution >= 4 is 30.6 Å². The van der Waals surface area contributed by atoms with E-state index in [4.69, 9.17) is 0 Å². The Bertz CT molecular complexity index is 414. The molecular formula is C11H13AsO4. The Morgan fingerprint density at radius 3 is 2.69 bits per heavy atom. The predicted octanol–water partition coefficient (Wildman–Crippen LogP) is 0.177. The number of carbonyl (C=O) groups excluding carboxylic acids is 2. The van der Waals surface area contributed by atoms with E-state index in [-0.39, 0.29) is 10.3 Å². The second-order valence-corrected chi connectivity index (χ2v) is 5.95. The molecule has 1 aromatic rings. The molecule has 4 nitrogen and oxygen atoms in total. The Morgan fingerprint density at radius 2 is 2.12 bits per heavy atom. The molecule has 0 heterocycles. The summed E-state index contributed by atoms with van der Waals surface area (Å²) in [7, 11) is 1.28. The number of ether oxygens (including phenoxy) is 1. The summed E-state index contributed by atoms with van der Waals surface area (Å²) in [5.41, 5.74) is 0.296. The zero-order chi connectivity index (χ0) is 12.1. The molecule has 1 aromatic carbocycles. The van der Waals surface area contributed by atoms with Crippen molar-refractivity contribution in [3.8, 4) is 5.75 Å². The first-order valence-corrected chi connectivity index (χ1v) is 6.89. The molecule has 0 radical (unpaired) electrons. The Hall–Kier alpha value is -1.28. The van der Waals surface area contributed by atoms with Gasteiger partial charge in [-0.1, -0.05) is 0 Å². The van der Waals surface area contributed by atoms with Gasteiger partial charge >= 0.3 is 100 Å². The summed E-state index contributed by atoms with van der Waals surface area (Å²) in [5, 5.41) is 9.29. The van der Waals surface area contributed by atoms with Crippen LogP contribution in [0.1, 0.15) is 23.7 Å². The molecule has 1 N–H and O–H groups in total. The van der Waals surface area contributed by atoms with Crippen LogP contribution in [0, 0.1) is 0 Å². The first-order chi connectivity index (χ1) is 7.58. The number of benzene rings is 1. The van der Waals surface area contributed by atoms with Gasteiger partial charge in [0.05, 0.1) is 0 Å². The molecule has 0 aliphatic carbocycles. The van der Waals surface area contributed by atoms with Crippen molar-refractivity contribution in [2.45, 2.75) is 13.3 Å². The average molecular weight is 284 g/mol. The van der Waals surface area contributed by atoms with Crippen LogP contribution in [0.3, 0.4) is 0 Å². The molecule has 1 unspecified atom stereocenters. The number of methoxy groups -OCH3 is 1. The number of carbonyl (C=O) groups is 2. The Morgan fingerprint density at radius 1 is 1.44 bits per heavy atom. The molecule has 0 amide bonds. The molecule has 0 fully saturated rings. The summed E-state index contributed by atoms with van der Waals surface area (Å²) in [5.74, 6) is -0.516. The summed E-state index contributed by atoms with van der Waals surface area (Å²) in [6, 6.07) is 4.44. The van der Waals surface area contributed by atoms with Crippen molar-refractivity contribution in [1.29, 1.82) is 0 Å². The van der Waals surface area contributed by atoms with Gasteiger partial charge in [-0.2, -0.15) is 0 Å². The number of hydrogen-bond donors (Lipinski definition) is 1. The molecule has 0 saturated carbocycles. The van der Waals surface area contributed by atoms with Crippen LogP contribution in [0.4, 0.5) is 0 Å². The van der Waals surface area contributed by atoms with E-state index in [1.54, 1.807) is 13.0 Å². The zero-order valence-corrected chi connectivity index (χ0v) is 11.2. The van der Waals surface area contributed by atoms with Crippen molar-refractivity contribution in [2.75, 3.05) is 7.11 Å². The van der Waals surface area contributed by atoms with Gasteiger partial charge in [-0.25, -0.2) is 0 Å². The minimum absolute atomic E-state index is 0.000280. The monoisotopic (exact) mass is 284 g/mol. The summed E-state index contributed by atoms with van der Waals surface area (Å²) in [6.45, 7) is 1.80. The molecule has 0 spiro atoms. The van der Waals surface area contributed by atoms with Crippen LogP contribution >= 0.6 is 0 Å². The Balaban J connectivity index is 3.07. The van der Waals surface area contributed by atoms with Gasteiger partial charge in [0, 0.05) is 0 Å². The predicted molar refractivity (Wildman–Crippen MR) is 61.5 cm³/mol. The second kappa shape index (κ2) is 5.71. The van der Waals surface area contributed by atoms with Gasteiger partial charge < -0.3 is 0 Å². The van der Waals surface area contributed by atoms with Crippen LogP contribution in [-0.4, -0.2) is 38.5 Å². The maximum atomic E-state index is 11.4. The van der Waals surface area contributed by atoms with Crippen LogP contribution < -0.4 is 4.35 Å². The van der Waals surface area contributed by atoms with Crippen molar-refractivity contribution < 1.29 is 19.4 Å². The third-order valence-corrected chi connectivity index (χ3v) is 4.81. The fourth-order valence-electron chi connectivity index (χ4n) is 1.16. The normalized spacial score (nSPS) is 10.6. The van der Waals surface area contributed by atoms with Crippen LogP contribution in [0.5, 0.6) is 5.75 Å². The summed E-state index contributed by atoms with van der Waals surface area (Å²) < 4.78 is 5.47. The number of aromatic hydroxyl groups is 1. The molecule has 16 heavy (non-hydrogen) atoms. The van der Waals surface area contributed by atoms with Crippen molar-refractivity contribution in [3.63, 3.8) is 0 Å². The van der Waals surface area contributed by atoms with Gasteiger partial charge in [-0.05, 0) is 0 Å². The third-order valence-electron chi connectivity index (χ3n) is 2.00. The SMILES string of the molecule is CCC(=O)[AsH]c1ccc(O)cc1C(=O)OC. The molecule has 0 aliphatic heterocycles. The van der Waals surface area contributed by atoms with Crippen LogP contribution in [-0.2, 0) is 9.53 Å². The molecule has 86 valence electrons. The first-order valence-electron chi connectivity index (χ1n) is 4.79. The van der Waals surface area contributed by atoms with Gasteiger partial charge in [0.25, 0.3) is 0 Å². The zero-order valence-electron chi connectivity index (χ0n) is 9.11. The third kappa shape index (κ3) is 3.10. The molecule has 1 rings (SSSR count). The minimum atomic E-state index is -1.00. The van der Waals surface area contributed by atoms with Crippen molar-refractivity contribution in [1.82, 2.24) is 0 Å². The summed E-state index contributed by atoms with van der Waals surface area (Å²) in [6.07, 6.45) is 0.474. The molecule has 0 aliphatic rings. The van der Waals surface area contributed by atoms with E-state index in [0.717, 1.165) is 0 Å². The van der Waals surface area contributed by atoms with Crippen LogP contribution in [0.15, 0.2) is 18.2 Å². The van der Waals surface area contributed by atoms with E-state index < -0.39 is 21.7 Å². The number of phenols is 1. The number of phenolic OH excluding ortho intramolecular Hbond substituents is 1. The Labute approximate surface area is 100 Å². The summed E-state index contributed by atoms with van der Waals surface area (Å²) >= 11 is -1.00. The molecule has 0 saturated heterocycles.